The summed E-state index contributed by atoms with van der Waals surface area (Å²) >= 11 is 1.18. The quantitative estimate of drug-likeness (QED) is 0.654. The van der Waals surface area contributed by atoms with Gasteiger partial charge in [-0.1, -0.05) is 54.2 Å². The summed E-state index contributed by atoms with van der Waals surface area (Å²) in [5.41, 5.74) is 7.83. The van der Waals surface area contributed by atoms with Gasteiger partial charge in [0.2, 0.25) is 6.04 Å². The second-order valence-corrected chi connectivity index (χ2v) is 7.05. The molecular weight excluding hydrogens is 350 g/mol. The maximum Gasteiger partial charge on any atom is 0.240 e. The fraction of sp³-hybridized carbons (Fsp3) is 0.211. The minimum atomic E-state index is -1.02. The van der Waals surface area contributed by atoms with Gasteiger partial charge in [-0.05, 0) is 23.3 Å². The second kappa shape index (κ2) is 7.50. The Balaban J connectivity index is 2.18. The molecule has 7 heteroatoms. The summed E-state index contributed by atoms with van der Waals surface area (Å²) in [6, 6.07) is 17.3. The van der Waals surface area contributed by atoms with E-state index in [1.807, 2.05) is 30.3 Å². The van der Waals surface area contributed by atoms with Crippen LogP contribution in [0.5, 0.6) is 5.75 Å². The van der Waals surface area contributed by atoms with Gasteiger partial charge in [0.15, 0.2) is 0 Å². The predicted octanol–water partition coefficient (Wildman–Crippen LogP) is 3.61. The first-order valence-electron chi connectivity index (χ1n) is 7.95. The maximum absolute atomic E-state index is 12.0. The largest absolute Gasteiger partial charge is 0.497 e. The van der Waals surface area contributed by atoms with Crippen molar-refractivity contribution in [3.05, 3.63) is 86.4 Å². The monoisotopic (exact) mass is 367 g/mol. The van der Waals surface area contributed by atoms with Crippen LogP contribution < -0.4 is 10.5 Å². The van der Waals surface area contributed by atoms with Gasteiger partial charge in [0.25, 0.3) is 0 Å². The lowest BCUT2D eigenvalue weighted by Gasteiger charge is -2.32. The van der Waals surface area contributed by atoms with E-state index in [-0.39, 0.29) is 10.5 Å². The van der Waals surface area contributed by atoms with E-state index in [0.29, 0.717) is 16.3 Å². The Kier molecular flexibility index (Phi) is 5.14. The van der Waals surface area contributed by atoms with E-state index < -0.39 is 17.2 Å². The van der Waals surface area contributed by atoms with Gasteiger partial charge in [-0.3, -0.25) is 10.1 Å². The Morgan fingerprint density at radius 2 is 1.88 bits per heavy atom. The Labute approximate surface area is 155 Å². The lowest BCUT2D eigenvalue weighted by molar-refractivity contribution is -0.525. The molecule has 1 heterocycles. The molecule has 0 unspecified atom stereocenters. The third kappa shape index (κ3) is 3.24. The highest BCUT2D eigenvalue weighted by Gasteiger charge is 2.48. The average Bonchev–Trinajstić information content (AvgIpc) is 2.67. The zero-order valence-corrected chi connectivity index (χ0v) is 14.8. The van der Waals surface area contributed by atoms with Crippen LogP contribution in [0.3, 0.4) is 0 Å². The molecule has 0 saturated carbocycles. The molecule has 2 aromatic carbocycles. The van der Waals surface area contributed by atoms with Crippen molar-refractivity contribution in [3.8, 4) is 11.8 Å². The van der Waals surface area contributed by atoms with Crippen molar-refractivity contribution in [2.24, 2.45) is 5.73 Å². The number of benzene rings is 2. The summed E-state index contributed by atoms with van der Waals surface area (Å²) in [5, 5.41) is 21.5. The molecule has 0 saturated heterocycles. The molecule has 3 atom stereocenters. The van der Waals surface area contributed by atoms with Gasteiger partial charge in [0.1, 0.15) is 11.0 Å². The first-order valence-corrected chi connectivity index (χ1v) is 8.83. The van der Waals surface area contributed by atoms with Gasteiger partial charge in [0.05, 0.1) is 29.7 Å². The highest BCUT2D eigenvalue weighted by atomic mass is 32.2. The zero-order valence-electron chi connectivity index (χ0n) is 14.0. The van der Waals surface area contributed by atoms with Gasteiger partial charge in [0, 0.05) is 4.92 Å². The fourth-order valence-electron chi connectivity index (χ4n) is 3.23. The molecule has 0 amide bonds. The van der Waals surface area contributed by atoms with Crippen molar-refractivity contribution in [3.63, 3.8) is 0 Å². The van der Waals surface area contributed by atoms with Crippen LogP contribution in [0.4, 0.5) is 0 Å². The molecule has 0 bridgehead atoms. The number of nitriles is 1. The smallest absolute Gasteiger partial charge is 0.240 e. The minimum Gasteiger partial charge on any atom is -0.497 e. The van der Waals surface area contributed by atoms with Gasteiger partial charge in [-0.25, -0.2) is 0 Å². The third-order valence-corrected chi connectivity index (χ3v) is 5.71. The van der Waals surface area contributed by atoms with Gasteiger partial charge in [-0.2, -0.15) is 5.26 Å². The van der Waals surface area contributed by atoms with Gasteiger partial charge in [-0.15, -0.1) is 0 Å². The van der Waals surface area contributed by atoms with E-state index in [1.54, 1.807) is 24.3 Å². The molecule has 6 nitrogen and oxygen atoms in total. The number of hydrogen-bond acceptors (Lipinski definition) is 6. The molecule has 3 rings (SSSR count). The predicted molar refractivity (Wildman–Crippen MR) is 100 cm³/mol. The number of methoxy groups -OCH3 is 1. The molecule has 2 N–H and O–H groups in total. The molecular formula is C19H17N3O3S. The van der Waals surface area contributed by atoms with E-state index in [1.165, 1.54) is 18.9 Å². The van der Waals surface area contributed by atoms with E-state index in [0.717, 1.165) is 5.56 Å². The summed E-state index contributed by atoms with van der Waals surface area (Å²) in [5.74, 6) is -0.161. The van der Waals surface area contributed by atoms with Crippen LogP contribution in [0.1, 0.15) is 22.3 Å². The number of hydrogen-bond donors (Lipinski definition) is 1. The summed E-state index contributed by atoms with van der Waals surface area (Å²) in [6.07, 6.45) is 0. The van der Waals surface area contributed by atoms with Crippen molar-refractivity contribution in [2.75, 3.05) is 7.11 Å². The molecule has 1 aliphatic heterocycles. The van der Waals surface area contributed by atoms with Crippen LogP contribution in [0.25, 0.3) is 0 Å². The van der Waals surface area contributed by atoms with Crippen LogP contribution in [0.15, 0.2) is 65.2 Å². The summed E-state index contributed by atoms with van der Waals surface area (Å²) in [6.45, 7) is 0. The van der Waals surface area contributed by atoms with E-state index in [2.05, 4.69) is 6.07 Å². The van der Waals surface area contributed by atoms with Crippen LogP contribution in [-0.4, -0.2) is 18.1 Å². The minimum absolute atomic E-state index is 0.233. The molecule has 132 valence electrons. The molecule has 0 radical (unpaired) electrons. The molecule has 1 aliphatic rings. The molecule has 2 aromatic rings. The van der Waals surface area contributed by atoms with Gasteiger partial charge < -0.3 is 10.5 Å². The highest BCUT2D eigenvalue weighted by molar-refractivity contribution is 8.03. The molecule has 0 spiro atoms. The fourth-order valence-corrected chi connectivity index (χ4v) is 4.49. The van der Waals surface area contributed by atoms with Crippen LogP contribution in [0, 0.1) is 21.4 Å². The summed E-state index contributed by atoms with van der Waals surface area (Å²) < 4.78 is 5.24. The number of nitro groups is 1. The average molecular weight is 367 g/mol. The Morgan fingerprint density at radius 3 is 2.50 bits per heavy atom. The third-order valence-electron chi connectivity index (χ3n) is 4.43. The maximum atomic E-state index is 12.0. The van der Waals surface area contributed by atoms with Crippen molar-refractivity contribution >= 4 is 11.8 Å². The lowest BCUT2D eigenvalue weighted by atomic mass is 9.82. The number of rotatable bonds is 4. The molecule has 0 fully saturated rings. The topological polar surface area (TPSA) is 102 Å². The SMILES string of the molecule is COc1cccc([C@H]2C(C#N)=C(N)S[C@H](c3ccccc3)[C@H]2[N+](=O)[O-])c1. The normalized spacial score (nSPS) is 22.5. The van der Waals surface area contributed by atoms with Gasteiger partial charge >= 0.3 is 0 Å². The first kappa shape index (κ1) is 17.8. The van der Waals surface area contributed by atoms with Crippen molar-refractivity contribution in [2.45, 2.75) is 17.2 Å². The number of thioether (sulfide) groups is 1. The van der Waals surface area contributed by atoms with Crippen molar-refractivity contribution < 1.29 is 9.66 Å². The number of ether oxygens (including phenoxy) is 1. The molecule has 0 aromatic heterocycles. The van der Waals surface area contributed by atoms with Crippen molar-refractivity contribution in [1.29, 1.82) is 5.26 Å². The summed E-state index contributed by atoms with van der Waals surface area (Å²) in [4.78, 5) is 11.7. The van der Waals surface area contributed by atoms with Crippen molar-refractivity contribution in [1.82, 2.24) is 0 Å². The molecule has 0 aliphatic carbocycles. The van der Waals surface area contributed by atoms with Crippen LogP contribution in [0.2, 0.25) is 0 Å². The Hall–Kier alpha value is -2.98. The Bertz CT molecular complexity index is 892. The zero-order chi connectivity index (χ0) is 18.7. The van der Waals surface area contributed by atoms with E-state index in [9.17, 15) is 15.4 Å². The van der Waals surface area contributed by atoms with E-state index >= 15 is 0 Å². The number of nitrogens with zero attached hydrogens (tertiary/aromatic N) is 2. The standard InChI is InChI=1S/C19H17N3O3S/c1-25-14-9-5-8-13(10-14)16-15(11-20)19(21)26-18(17(16)22(23)24)12-6-3-2-4-7-12/h2-10,16-18H,21H2,1H3/t16-,17-,18+/m0/s1. The van der Waals surface area contributed by atoms with Crippen LogP contribution >= 0.6 is 11.8 Å². The number of nitrogens with two attached hydrogens (primary N) is 1. The Morgan fingerprint density at radius 1 is 1.19 bits per heavy atom. The van der Waals surface area contributed by atoms with Crippen LogP contribution in [-0.2, 0) is 0 Å². The molecule has 26 heavy (non-hydrogen) atoms. The lowest BCUT2D eigenvalue weighted by Crippen LogP contribution is -2.37. The first-order chi connectivity index (χ1) is 12.6. The summed E-state index contributed by atoms with van der Waals surface area (Å²) in [7, 11) is 1.53. The second-order valence-electron chi connectivity index (χ2n) is 5.87. The van der Waals surface area contributed by atoms with E-state index in [4.69, 9.17) is 10.5 Å². The highest BCUT2D eigenvalue weighted by Crippen LogP contribution is 2.50.